The Kier molecular flexibility index (Phi) is 9.27. The van der Waals surface area contributed by atoms with Crippen molar-refractivity contribution in [3.05, 3.63) is 0 Å². The molecule has 4 atom stereocenters. The molecule has 0 aromatic carbocycles. The number of rotatable bonds is 9. The third-order valence-electron chi connectivity index (χ3n) is 6.54. The highest BCUT2D eigenvalue weighted by Crippen LogP contribution is 2.45. The van der Waals surface area contributed by atoms with Crippen molar-refractivity contribution in [3.8, 4) is 0 Å². The molecule has 0 heterocycles. The molecule has 2 N–H and O–H groups in total. The molecule has 2 saturated carbocycles. The van der Waals surface area contributed by atoms with E-state index >= 15 is 0 Å². The minimum atomic E-state index is -0.370. The van der Waals surface area contributed by atoms with Crippen molar-refractivity contribution < 1.29 is 29.2 Å². The van der Waals surface area contributed by atoms with Gasteiger partial charge in [0.15, 0.2) is 0 Å². The van der Waals surface area contributed by atoms with Gasteiger partial charge in [-0.05, 0) is 37.5 Å². The van der Waals surface area contributed by atoms with E-state index in [0.717, 1.165) is 25.7 Å². The maximum atomic E-state index is 10.7. The SMILES string of the molecule is COCC1CC(C2CC(COC)C(O)C(COC)C2)CC(COC)C1O. The lowest BCUT2D eigenvalue weighted by Gasteiger charge is -2.46. The molecule has 0 spiro atoms. The van der Waals surface area contributed by atoms with Crippen molar-refractivity contribution in [2.75, 3.05) is 54.9 Å². The van der Waals surface area contributed by atoms with Crippen molar-refractivity contribution in [3.63, 3.8) is 0 Å². The number of hydrogen-bond donors (Lipinski definition) is 2. The molecule has 0 amide bonds. The van der Waals surface area contributed by atoms with Gasteiger partial charge in [-0.2, -0.15) is 0 Å². The fourth-order valence-corrected chi connectivity index (χ4v) is 5.37. The van der Waals surface area contributed by atoms with Crippen LogP contribution < -0.4 is 0 Å². The van der Waals surface area contributed by atoms with E-state index in [4.69, 9.17) is 18.9 Å². The minimum Gasteiger partial charge on any atom is -0.392 e. The van der Waals surface area contributed by atoms with Gasteiger partial charge in [-0.1, -0.05) is 0 Å². The predicted molar refractivity (Wildman–Crippen MR) is 98.9 cm³/mol. The third kappa shape index (κ3) is 5.40. The fraction of sp³-hybridized carbons (Fsp3) is 1.00. The first-order chi connectivity index (χ1) is 12.5. The summed E-state index contributed by atoms with van der Waals surface area (Å²) in [5.41, 5.74) is 0. The van der Waals surface area contributed by atoms with Crippen molar-refractivity contribution in [1.29, 1.82) is 0 Å². The van der Waals surface area contributed by atoms with E-state index in [0.29, 0.717) is 38.3 Å². The fourth-order valence-electron chi connectivity index (χ4n) is 5.37. The first-order valence-electron chi connectivity index (χ1n) is 9.87. The molecule has 26 heavy (non-hydrogen) atoms. The number of aliphatic hydroxyl groups is 2. The topological polar surface area (TPSA) is 77.4 Å². The Morgan fingerprint density at radius 2 is 0.769 bits per heavy atom. The molecule has 2 fully saturated rings. The van der Waals surface area contributed by atoms with Crippen LogP contribution in [-0.4, -0.2) is 77.3 Å². The third-order valence-corrected chi connectivity index (χ3v) is 6.54. The molecule has 0 aromatic rings. The Balaban J connectivity index is 2.12. The van der Waals surface area contributed by atoms with Gasteiger partial charge in [0.1, 0.15) is 0 Å². The van der Waals surface area contributed by atoms with Crippen LogP contribution in [-0.2, 0) is 18.9 Å². The summed E-state index contributed by atoms with van der Waals surface area (Å²) in [4.78, 5) is 0. The van der Waals surface area contributed by atoms with Crippen LogP contribution >= 0.6 is 0 Å². The van der Waals surface area contributed by atoms with Crippen LogP contribution in [0, 0.1) is 35.5 Å². The monoisotopic (exact) mass is 374 g/mol. The highest BCUT2D eigenvalue weighted by Gasteiger charge is 2.44. The van der Waals surface area contributed by atoms with E-state index in [1.807, 2.05) is 0 Å². The van der Waals surface area contributed by atoms with Gasteiger partial charge in [-0.15, -0.1) is 0 Å². The Hall–Kier alpha value is -0.240. The highest BCUT2D eigenvalue weighted by atomic mass is 16.5. The maximum absolute atomic E-state index is 10.7. The smallest absolute Gasteiger partial charge is 0.0640 e. The summed E-state index contributed by atoms with van der Waals surface area (Å²) in [6, 6.07) is 0. The second kappa shape index (κ2) is 10.9. The highest BCUT2D eigenvalue weighted by molar-refractivity contribution is 4.94. The lowest BCUT2D eigenvalue weighted by Crippen LogP contribution is -2.47. The molecule has 6 heteroatoms. The van der Waals surface area contributed by atoms with Gasteiger partial charge in [0.25, 0.3) is 0 Å². The van der Waals surface area contributed by atoms with E-state index in [9.17, 15) is 10.2 Å². The maximum Gasteiger partial charge on any atom is 0.0640 e. The molecular formula is C20H38O6. The number of methoxy groups -OCH3 is 4. The molecule has 2 aliphatic rings. The quantitative estimate of drug-likeness (QED) is 0.638. The molecule has 2 rings (SSSR count). The van der Waals surface area contributed by atoms with Gasteiger partial charge < -0.3 is 29.2 Å². The average Bonchev–Trinajstić information content (AvgIpc) is 2.62. The van der Waals surface area contributed by atoms with Gasteiger partial charge in [-0.25, -0.2) is 0 Å². The van der Waals surface area contributed by atoms with Crippen LogP contribution in [0.4, 0.5) is 0 Å². The number of aliphatic hydroxyl groups excluding tert-OH is 2. The van der Waals surface area contributed by atoms with Gasteiger partial charge in [0, 0.05) is 52.1 Å². The van der Waals surface area contributed by atoms with Crippen LogP contribution in [0.5, 0.6) is 0 Å². The normalized spacial score (nSPS) is 41.3. The second-order valence-corrected chi connectivity index (χ2v) is 8.31. The van der Waals surface area contributed by atoms with Crippen LogP contribution in [0.1, 0.15) is 25.7 Å². The molecule has 0 saturated heterocycles. The summed E-state index contributed by atoms with van der Waals surface area (Å²) in [5.74, 6) is 1.59. The number of ether oxygens (including phenoxy) is 4. The Labute approximate surface area is 158 Å². The van der Waals surface area contributed by atoms with Crippen LogP contribution in [0.15, 0.2) is 0 Å². The zero-order valence-electron chi connectivity index (χ0n) is 16.8. The lowest BCUT2D eigenvalue weighted by molar-refractivity contribution is -0.0956. The van der Waals surface area contributed by atoms with Gasteiger partial charge in [0.2, 0.25) is 0 Å². The molecule has 154 valence electrons. The Morgan fingerprint density at radius 3 is 0.962 bits per heavy atom. The molecule has 0 radical (unpaired) electrons. The van der Waals surface area contributed by atoms with Gasteiger partial charge >= 0.3 is 0 Å². The van der Waals surface area contributed by atoms with Crippen LogP contribution in [0.2, 0.25) is 0 Å². The van der Waals surface area contributed by atoms with Crippen molar-refractivity contribution >= 4 is 0 Å². The average molecular weight is 375 g/mol. The predicted octanol–water partition coefficient (Wildman–Crippen LogP) is 1.58. The van der Waals surface area contributed by atoms with Gasteiger partial charge in [-0.3, -0.25) is 0 Å². The standard InChI is InChI=1S/C20H38O6/c1-23-9-15-5-13(6-16(10-24-2)19(15)21)14-7-17(11-25-3)20(22)18(8-14)12-26-4/h13-22H,5-12H2,1-4H3. The zero-order valence-corrected chi connectivity index (χ0v) is 16.8. The molecule has 0 aromatic heterocycles. The van der Waals surface area contributed by atoms with Crippen molar-refractivity contribution in [2.45, 2.75) is 37.9 Å². The molecule has 4 unspecified atom stereocenters. The summed E-state index contributed by atoms with van der Waals surface area (Å²) in [6.07, 6.45) is 3.13. The molecule has 0 bridgehead atoms. The largest absolute Gasteiger partial charge is 0.392 e. The summed E-state index contributed by atoms with van der Waals surface area (Å²) in [5, 5.41) is 21.4. The van der Waals surface area contributed by atoms with Crippen LogP contribution in [0.25, 0.3) is 0 Å². The Bertz CT molecular complexity index is 324. The summed E-state index contributed by atoms with van der Waals surface area (Å²) in [7, 11) is 6.79. The van der Waals surface area contributed by atoms with E-state index in [1.165, 1.54) is 0 Å². The molecule has 6 nitrogen and oxygen atoms in total. The second-order valence-electron chi connectivity index (χ2n) is 8.31. The van der Waals surface area contributed by atoms with Gasteiger partial charge in [0.05, 0.1) is 38.6 Å². The van der Waals surface area contributed by atoms with E-state index in [2.05, 4.69) is 0 Å². The Morgan fingerprint density at radius 1 is 0.538 bits per heavy atom. The molecular weight excluding hydrogens is 336 g/mol. The molecule has 2 aliphatic carbocycles. The summed E-state index contributed by atoms with van der Waals surface area (Å²) < 4.78 is 21.5. The zero-order chi connectivity index (χ0) is 19.1. The molecule has 0 aliphatic heterocycles. The first-order valence-corrected chi connectivity index (χ1v) is 9.87. The van der Waals surface area contributed by atoms with E-state index in [-0.39, 0.29) is 35.9 Å². The first kappa shape index (κ1) is 22.1. The van der Waals surface area contributed by atoms with Crippen molar-refractivity contribution in [2.24, 2.45) is 35.5 Å². The van der Waals surface area contributed by atoms with Crippen molar-refractivity contribution in [1.82, 2.24) is 0 Å². The van der Waals surface area contributed by atoms with E-state index in [1.54, 1.807) is 28.4 Å². The van der Waals surface area contributed by atoms with Crippen LogP contribution in [0.3, 0.4) is 0 Å². The summed E-state index contributed by atoms with van der Waals surface area (Å²) >= 11 is 0. The summed E-state index contributed by atoms with van der Waals surface area (Å²) in [6.45, 7) is 2.32. The minimum absolute atomic E-state index is 0.146. The lowest BCUT2D eigenvalue weighted by atomic mass is 9.62. The number of hydrogen-bond acceptors (Lipinski definition) is 6. The van der Waals surface area contributed by atoms with E-state index < -0.39 is 0 Å².